The number of methoxy groups -OCH3 is 1. The topological polar surface area (TPSA) is 78.9 Å². The molecule has 3 aliphatic heterocycles. The average molecular weight is 302 g/mol. The van der Waals surface area contributed by atoms with Crippen LogP contribution < -0.4 is 5.32 Å². The number of aliphatic hydroxyl groups is 1. The molecule has 0 aliphatic carbocycles. The van der Waals surface area contributed by atoms with Crippen LogP contribution in [0.5, 0.6) is 0 Å². The Morgan fingerprint density at radius 2 is 2.18 bits per heavy atom. The van der Waals surface area contributed by atoms with Crippen molar-refractivity contribution in [2.24, 2.45) is 0 Å². The van der Waals surface area contributed by atoms with Crippen molar-refractivity contribution in [1.29, 1.82) is 0 Å². The predicted molar refractivity (Wildman–Crippen MR) is 78.4 cm³/mol. The van der Waals surface area contributed by atoms with E-state index in [2.05, 4.69) is 5.32 Å². The lowest BCUT2D eigenvalue weighted by atomic mass is 9.74. The molecule has 4 rings (SSSR count). The molecular weight excluding hydrogens is 284 g/mol. The van der Waals surface area contributed by atoms with Gasteiger partial charge in [-0.3, -0.25) is 9.69 Å². The monoisotopic (exact) mass is 302 g/mol. The molecule has 2 fully saturated rings. The van der Waals surface area contributed by atoms with Gasteiger partial charge < -0.3 is 15.2 Å². The van der Waals surface area contributed by atoms with Gasteiger partial charge in [0.25, 0.3) is 0 Å². The van der Waals surface area contributed by atoms with Crippen LogP contribution in [-0.2, 0) is 14.9 Å². The van der Waals surface area contributed by atoms with Crippen molar-refractivity contribution in [3.63, 3.8) is 0 Å². The molecule has 0 radical (unpaired) electrons. The fraction of sp³-hybridized carbons (Fsp3) is 0.500. The molecule has 0 aromatic heterocycles. The number of ether oxygens (including phenoxy) is 1. The zero-order valence-corrected chi connectivity index (χ0v) is 12.3. The van der Waals surface area contributed by atoms with E-state index in [1.165, 1.54) is 7.11 Å². The lowest BCUT2D eigenvalue weighted by Gasteiger charge is -2.38. The maximum Gasteiger partial charge on any atom is 0.410 e. The first kappa shape index (κ1) is 13.6. The number of para-hydroxylation sites is 1. The predicted octanol–water partition coefficient (Wildman–Crippen LogP) is 1.24. The summed E-state index contributed by atoms with van der Waals surface area (Å²) < 4.78 is 4.89. The average Bonchev–Trinajstić information content (AvgIpc) is 2.96. The molecule has 2 N–H and O–H groups in total. The zero-order chi connectivity index (χ0) is 15.5. The highest BCUT2D eigenvalue weighted by Gasteiger charge is 2.65. The lowest BCUT2D eigenvalue weighted by Crippen LogP contribution is -2.54. The Labute approximate surface area is 128 Å². The fourth-order valence-corrected chi connectivity index (χ4v) is 4.50. The van der Waals surface area contributed by atoms with Crippen molar-refractivity contribution in [2.45, 2.75) is 42.9 Å². The Kier molecular flexibility index (Phi) is 2.75. The van der Waals surface area contributed by atoms with E-state index in [-0.39, 0.29) is 18.0 Å². The number of hydrogen-bond acceptors (Lipinski definition) is 4. The van der Waals surface area contributed by atoms with Gasteiger partial charge in [0.15, 0.2) is 0 Å². The number of benzene rings is 1. The molecule has 1 aromatic carbocycles. The van der Waals surface area contributed by atoms with E-state index in [1.54, 1.807) is 4.90 Å². The van der Waals surface area contributed by atoms with Crippen molar-refractivity contribution in [3.8, 4) is 0 Å². The summed E-state index contributed by atoms with van der Waals surface area (Å²) in [6, 6.07) is 6.97. The van der Waals surface area contributed by atoms with Gasteiger partial charge >= 0.3 is 6.09 Å². The van der Waals surface area contributed by atoms with Gasteiger partial charge in [0.2, 0.25) is 5.91 Å². The minimum absolute atomic E-state index is 0.0794. The molecule has 0 saturated carbocycles. The minimum atomic E-state index is -0.771. The van der Waals surface area contributed by atoms with E-state index in [4.69, 9.17) is 4.74 Å². The van der Waals surface area contributed by atoms with Gasteiger partial charge in [0.05, 0.1) is 30.7 Å². The van der Waals surface area contributed by atoms with Gasteiger partial charge in [-0.15, -0.1) is 0 Å². The second-order valence-electron chi connectivity index (χ2n) is 6.28. The summed E-state index contributed by atoms with van der Waals surface area (Å²) >= 11 is 0. The number of anilines is 1. The zero-order valence-electron chi connectivity index (χ0n) is 12.3. The maximum atomic E-state index is 12.8. The Morgan fingerprint density at radius 3 is 2.95 bits per heavy atom. The van der Waals surface area contributed by atoms with Crippen LogP contribution in [0, 0.1) is 0 Å². The normalized spacial score (nSPS) is 35.5. The highest BCUT2D eigenvalue weighted by Crippen LogP contribution is 2.54. The van der Waals surface area contributed by atoms with Crippen LogP contribution in [0.4, 0.5) is 10.5 Å². The second-order valence-corrected chi connectivity index (χ2v) is 6.28. The molecule has 116 valence electrons. The Bertz CT molecular complexity index is 661. The third kappa shape index (κ3) is 1.48. The number of aliphatic hydroxyl groups excluding tert-OH is 1. The summed E-state index contributed by atoms with van der Waals surface area (Å²) in [5, 5.41) is 13.2. The Hall–Kier alpha value is -2.08. The number of amides is 2. The summed E-state index contributed by atoms with van der Waals surface area (Å²) in [4.78, 5) is 26.6. The van der Waals surface area contributed by atoms with Crippen LogP contribution in [0.25, 0.3) is 0 Å². The first-order valence-corrected chi connectivity index (χ1v) is 7.55. The first-order chi connectivity index (χ1) is 10.6. The minimum Gasteiger partial charge on any atom is -0.453 e. The fourth-order valence-electron chi connectivity index (χ4n) is 4.50. The number of rotatable bonds is 0. The molecule has 6 heteroatoms. The van der Waals surface area contributed by atoms with E-state index in [1.807, 2.05) is 24.3 Å². The summed E-state index contributed by atoms with van der Waals surface area (Å²) in [5.41, 5.74) is 0.960. The van der Waals surface area contributed by atoms with Gasteiger partial charge in [0, 0.05) is 5.69 Å². The molecule has 2 amide bonds. The summed E-state index contributed by atoms with van der Waals surface area (Å²) in [6.07, 6.45) is 0.545. The number of piperidine rings is 1. The number of carbonyl (C=O) groups excluding carboxylic acids is 2. The van der Waals surface area contributed by atoms with E-state index < -0.39 is 17.6 Å². The molecule has 0 unspecified atom stereocenters. The van der Waals surface area contributed by atoms with Crippen molar-refractivity contribution in [2.75, 3.05) is 12.4 Å². The van der Waals surface area contributed by atoms with Crippen molar-refractivity contribution in [1.82, 2.24) is 4.90 Å². The molecule has 2 bridgehead atoms. The molecule has 1 aromatic rings. The summed E-state index contributed by atoms with van der Waals surface area (Å²) in [7, 11) is 1.33. The van der Waals surface area contributed by atoms with Crippen molar-refractivity contribution in [3.05, 3.63) is 29.8 Å². The van der Waals surface area contributed by atoms with E-state index in [0.29, 0.717) is 19.3 Å². The third-order valence-electron chi connectivity index (χ3n) is 5.42. The van der Waals surface area contributed by atoms with Gasteiger partial charge in [-0.2, -0.15) is 0 Å². The van der Waals surface area contributed by atoms with E-state index in [9.17, 15) is 14.7 Å². The van der Waals surface area contributed by atoms with Gasteiger partial charge in [0.1, 0.15) is 0 Å². The van der Waals surface area contributed by atoms with Crippen LogP contribution in [0.3, 0.4) is 0 Å². The molecule has 3 heterocycles. The van der Waals surface area contributed by atoms with Crippen molar-refractivity contribution >= 4 is 17.7 Å². The molecule has 3 aliphatic rings. The summed E-state index contributed by atoms with van der Waals surface area (Å²) in [6.45, 7) is 0. The second kappa shape index (κ2) is 4.46. The van der Waals surface area contributed by atoms with E-state index in [0.717, 1.165) is 11.3 Å². The number of hydrogen-bond donors (Lipinski definition) is 2. The lowest BCUT2D eigenvalue weighted by molar-refractivity contribution is -0.121. The Balaban J connectivity index is 1.87. The van der Waals surface area contributed by atoms with Crippen molar-refractivity contribution < 1.29 is 19.4 Å². The number of carbonyl (C=O) groups is 2. The van der Waals surface area contributed by atoms with Crippen LogP contribution in [0.15, 0.2) is 24.3 Å². The van der Waals surface area contributed by atoms with Crippen LogP contribution >= 0.6 is 0 Å². The SMILES string of the molecule is COC(=O)N1[C@H]2CC[C@H](O)[C@@H]1C[C@@]21C(=O)Nc2ccccc21. The molecule has 2 saturated heterocycles. The highest BCUT2D eigenvalue weighted by atomic mass is 16.5. The number of fused-ring (bicyclic) bond motifs is 5. The van der Waals surface area contributed by atoms with E-state index >= 15 is 0 Å². The van der Waals surface area contributed by atoms with Crippen LogP contribution in [0.1, 0.15) is 24.8 Å². The van der Waals surface area contributed by atoms with Crippen LogP contribution in [-0.4, -0.2) is 47.3 Å². The number of nitrogens with one attached hydrogen (secondary N) is 1. The third-order valence-corrected chi connectivity index (χ3v) is 5.42. The molecule has 22 heavy (non-hydrogen) atoms. The number of nitrogens with zero attached hydrogens (tertiary/aromatic N) is 1. The quantitative estimate of drug-likeness (QED) is 0.756. The smallest absolute Gasteiger partial charge is 0.410 e. The largest absolute Gasteiger partial charge is 0.453 e. The molecule has 4 atom stereocenters. The molecule has 1 spiro atoms. The highest BCUT2D eigenvalue weighted by molar-refractivity contribution is 6.07. The van der Waals surface area contributed by atoms with Gasteiger partial charge in [-0.1, -0.05) is 18.2 Å². The molecular formula is C16H18N2O4. The van der Waals surface area contributed by atoms with Crippen LogP contribution in [0.2, 0.25) is 0 Å². The molecule has 6 nitrogen and oxygen atoms in total. The summed E-state index contributed by atoms with van der Waals surface area (Å²) in [5.74, 6) is -0.0794. The maximum absolute atomic E-state index is 12.8. The van der Waals surface area contributed by atoms with Gasteiger partial charge in [-0.05, 0) is 30.9 Å². The standard InChI is InChI=1S/C16H18N2O4/c1-22-15(21)18-11-8-16(13(18)7-6-12(11)19)9-4-2-3-5-10(9)17-14(16)20/h2-5,11-13,19H,6-8H2,1H3,(H,17,20)/t11-,12-,13-,16-/m0/s1. The first-order valence-electron chi connectivity index (χ1n) is 7.55. The van der Waals surface area contributed by atoms with Gasteiger partial charge in [-0.25, -0.2) is 4.79 Å². The Morgan fingerprint density at radius 1 is 1.41 bits per heavy atom.